The van der Waals surface area contributed by atoms with Gasteiger partial charge in [-0.3, -0.25) is 4.79 Å². The SMILES string of the molecule is CN1C(=O)C2(CCC(F)(F)CC2)c2ccc(Br)cc21. The highest BCUT2D eigenvalue weighted by molar-refractivity contribution is 9.10. The zero-order valence-corrected chi connectivity index (χ0v) is 12.1. The Labute approximate surface area is 118 Å². The summed E-state index contributed by atoms with van der Waals surface area (Å²) in [6.45, 7) is 0. The molecule has 1 fully saturated rings. The Kier molecular flexibility index (Phi) is 2.75. The number of halogens is 3. The summed E-state index contributed by atoms with van der Waals surface area (Å²) in [5.74, 6) is -2.67. The van der Waals surface area contributed by atoms with Crippen LogP contribution in [0.4, 0.5) is 14.5 Å². The van der Waals surface area contributed by atoms with Crippen LogP contribution in [-0.4, -0.2) is 18.9 Å². The Balaban J connectivity index is 2.07. The van der Waals surface area contributed by atoms with Crippen LogP contribution in [0.15, 0.2) is 22.7 Å². The molecule has 0 atom stereocenters. The maximum absolute atomic E-state index is 13.4. The van der Waals surface area contributed by atoms with Crippen LogP contribution in [0.3, 0.4) is 0 Å². The second-order valence-electron chi connectivity index (χ2n) is 5.46. The molecule has 1 aromatic carbocycles. The summed E-state index contributed by atoms with van der Waals surface area (Å²) in [6.07, 6.45) is 0.0553. The van der Waals surface area contributed by atoms with Gasteiger partial charge in [-0.15, -0.1) is 0 Å². The van der Waals surface area contributed by atoms with Gasteiger partial charge in [-0.05, 0) is 30.5 Å². The fraction of sp³-hybridized carbons (Fsp3) is 0.500. The van der Waals surface area contributed by atoms with Gasteiger partial charge >= 0.3 is 0 Å². The second kappa shape index (κ2) is 4.01. The third-order valence-electron chi connectivity index (χ3n) is 4.39. The van der Waals surface area contributed by atoms with Crippen molar-refractivity contribution in [3.63, 3.8) is 0 Å². The van der Waals surface area contributed by atoms with Crippen molar-refractivity contribution in [1.82, 2.24) is 0 Å². The van der Waals surface area contributed by atoms with Crippen molar-refractivity contribution >= 4 is 27.5 Å². The summed E-state index contributed by atoms with van der Waals surface area (Å²) < 4.78 is 27.6. The Hall–Kier alpha value is -0.970. The molecular formula is C14H14BrF2NO. The number of carbonyl (C=O) groups excluding carboxylic acids is 1. The lowest BCUT2D eigenvalue weighted by atomic mass is 9.69. The van der Waals surface area contributed by atoms with Crippen molar-refractivity contribution in [1.29, 1.82) is 0 Å². The minimum atomic E-state index is -2.62. The van der Waals surface area contributed by atoms with Crippen molar-refractivity contribution < 1.29 is 13.6 Å². The zero-order valence-electron chi connectivity index (χ0n) is 10.5. The Morgan fingerprint density at radius 3 is 2.47 bits per heavy atom. The van der Waals surface area contributed by atoms with Crippen molar-refractivity contribution in [3.05, 3.63) is 28.2 Å². The maximum Gasteiger partial charge on any atom is 0.248 e. The first-order valence-corrected chi connectivity index (χ1v) is 7.11. The van der Waals surface area contributed by atoms with E-state index in [9.17, 15) is 13.6 Å². The Bertz CT molecular complexity index is 548. The van der Waals surface area contributed by atoms with E-state index in [0.717, 1.165) is 15.7 Å². The molecule has 102 valence electrons. The molecule has 0 aromatic heterocycles. The van der Waals surface area contributed by atoms with Crippen LogP contribution in [0.5, 0.6) is 0 Å². The third kappa shape index (κ3) is 1.82. The van der Waals surface area contributed by atoms with Gasteiger partial charge in [0, 0.05) is 30.0 Å². The van der Waals surface area contributed by atoms with Crippen LogP contribution in [0.1, 0.15) is 31.2 Å². The monoisotopic (exact) mass is 329 g/mol. The quantitative estimate of drug-likeness (QED) is 0.707. The Morgan fingerprint density at radius 1 is 1.21 bits per heavy atom. The normalized spacial score (nSPS) is 23.8. The fourth-order valence-corrected chi connectivity index (χ4v) is 3.61. The van der Waals surface area contributed by atoms with Gasteiger partial charge in [-0.25, -0.2) is 8.78 Å². The first-order valence-electron chi connectivity index (χ1n) is 6.32. The predicted molar refractivity (Wildman–Crippen MR) is 72.6 cm³/mol. The third-order valence-corrected chi connectivity index (χ3v) is 4.88. The van der Waals surface area contributed by atoms with Crippen molar-refractivity contribution in [2.45, 2.75) is 37.0 Å². The number of hydrogen-bond donors (Lipinski definition) is 0. The molecule has 0 radical (unpaired) electrons. The highest BCUT2D eigenvalue weighted by Crippen LogP contribution is 2.52. The number of likely N-dealkylation sites (N-methyl/N-ethyl adjacent to an activating group) is 1. The van der Waals surface area contributed by atoms with Crippen LogP contribution in [0.25, 0.3) is 0 Å². The number of anilines is 1. The molecule has 0 saturated heterocycles. The molecule has 5 heteroatoms. The number of fused-ring (bicyclic) bond motifs is 2. The average Bonchev–Trinajstić information content (AvgIpc) is 2.56. The van der Waals surface area contributed by atoms with Crippen LogP contribution in [-0.2, 0) is 10.2 Å². The van der Waals surface area contributed by atoms with Gasteiger partial charge < -0.3 is 4.90 Å². The van der Waals surface area contributed by atoms with Gasteiger partial charge in [-0.2, -0.15) is 0 Å². The van der Waals surface area contributed by atoms with Crippen LogP contribution in [0.2, 0.25) is 0 Å². The first-order chi connectivity index (χ1) is 8.86. The Morgan fingerprint density at radius 2 is 1.84 bits per heavy atom. The molecule has 1 amide bonds. The van der Waals surface area contributed by atoms with E-state index in [0.29, 0.717) is 0 Å². The van der Waals surface area contributed by atoms with Crippen molar-refractivity contribution in [3.8, 4) is 0 Å². The molecule has 2 aliphatic rings. The summed E-state index contributed by atoms with van der Waals surface area (Å²) in [6, 6.07) is 5.65. The van der Waals surface area contributed by atoms with Crippen molar-refractivity contribution in [2.24, 2.45) is 0 Å². The number of hydrogen-bond acceptors (Lipinski definition) is 1. The van der Waals surface area contributed by atoms with Gasteiger partial charge in [0.05, 0.1) is 5.41 Å². The summed E-state index contributed by atoms with van der Waals surface area (Å²) in [5.41, 5.74) is 1.01. The molecule has 1 heterocycles. The second-order valence-corrected chi connectivity index (χ2v) is 6.38. The van der Waals surface area contributed by atoms with Gasteiger partial charge in [0.1, 0.15) is 0 Å². The molecule has 0 unspecified atom stereocenters. The topological polar surface area (TPSA) is 20.3 Å². The summed E-state index contributed by atoms with van der Waals surface area (Å²) >= 11 is 3.38. The highest BCUT2D eigenvalue weighted by atomic mass is 79.9. The molecule has 3 rings (SSSR count). The van der Waals surface area contributed by atoms with E-state index in [1.807, 2.05) is 18.2 Å². The molecule has 1 aromatic rings. The lowest BCUT2D eigenvalue weighted by Crippen LogP contribution is -2.44. The van der Waals surface area contributed by atoms with E-state index < -0.39 is 11.3 Å². The smallest absolute Gasteiger partial charge is 0.248 e. The summed E-state index contributed by atoms with van der Waals surface area (Å²) in [7, 11) is 1.72. The number of alkyl halides is 2. The van der Waals surface area contributed by atoms with E-state index in [4.69, 9.17) is 0 Å². The maximum atomic E-state index is 13.4. The summed E-state index contributed by atoms with van der Waals surface area (Å²) in [4.78, 5) is 14.1. The highest BCUT2D eigenvalue weighted by Gasteiger charge is 2.54. The molecule has 19 heavy (non-hydrogen) atoms. The van der Waals surface area contributed by atoms with Gasteiger partial charge in [0.2, 0.25) is 11.8 Å². The van der Waals surface area contributed by atoms with Crippen LogP contribution < -0.4 is 4.90 Å². The predicted octanol–water partition coefficient (Wildman–Crippen LogP) is 3.87. The van der Waals surface area contributed by atoms with Crippen LogP contribution >= 0.6 is 15.9 Å². The molecule has 1 aliphatic carbocycles. The lowest BCUT2D eigenvalue weighted by molar-refractivity contribution is -0.127. The lowest BCUT2D eigenvalue weighted by Gasteiger charge is -2.36. The molecular weight excluding hydrogens is 316 g/mol. The summed E-state index contributed by atoms with van der Waals surface area (Å²) in [5, 5.41) is 0. The number of carbonyl (C=O) groups is 1. The zero-order chi connectivity index (χ0) is 13.8. The molecule has 0 N–H and O–H groups in total. The molecule has 0 bridgehead atoms. The van der Waals surface area contributed by atoms with Crippen LogP contribution in [0, 0.1) is 0 Å². The van der Waals surface area contributed by atoms with E-state index >= 15 is 0 Å². The van der Waals surface area contributed by atoms with E-state index in [1.54, 1.807) is 11.9 Å². The number of amides is 1. The van der Waals surface area contributed by atoms with Gasteiger partial charge in [0.25, 0.3) is 0 Å². The fourth-order valence-electron chi connectivity index (χ4n) is 3.26. The average molecular weight is 330 g/mol. The van der Waals surface area contributed by atoms with E-state index in [-0.39, 0.29) is 31.6 Å². The minimum Gasteiger partial charge on any atom is -0.314 e. The molecule has 1 saturated carbocycles. The standard InChI is InChI=1S/C14H14BrF2NO/c1-18-11-8-9(15)2-3-10(11)13(12(18)19)4-6-14(16,17)7-5-13/h2-3,8H,4-7H2,1H3. The van der Waals surface area contributed by atoms with Gasteiger partial charge in [-0.1, -0.05) is 22.0 Å². The van der Waals surface area contributed by atoms with E-state index in [1.165, 1.54) is 0 Å². The molecule has 1 aliphatic heterocycles. The van der Waals surface area contributed by atoms with Gasteiger partial charge in [0.15, 0.2) is 0 Å². The number of benzene rings is 1. The first kappa shape index (κ1) is 13.0. The number of rotatable bonds is 0. The molecule has 1 spiro atoms. The van der Waals surface area contributed by atoms with E-state index in [2.05, 4.69) is 15.9 Å². The minimum absolute atomic E-state index is 0.0453. The largest absolute Gasteiger partial charge is 0.314 e. The van der Waals surface area contributed by atoms with Crippen molar-refractivity contribution in [2.75, 3.05) is 11.9 Å². The number of nitrogens with zero attached hydrogens (tertiary/aromatic N) is 1. The molecule has 2 nitrogen and oxygen atoms in total.